The highest BCUT2D eigenvalue weighted by Crippen LogP contribution is 2.36. The number of nitrogens with zero attached hydrogens (tertiary/aromatic N) is 5. The van der Waals surface area contributed by atoms with Crippen molar-refractivity contribution in [3.05, 3.63) is 83.2 Å². The molecule has 0 radical (unpaired) electrons. The average molecular weight is 421 g/mol. The van der Waals surface area contributed by atoms with E-state index in [4.69, 9.17) is 0 Å². The Kier molecular flexibility index (Phi) is 5.59. The van der Waals surface area contributed by atoms with Gasteiger partial charge >= 0.3 is 0 Å². The normalized spacial score (nSPS) is 18.8. The minimum absolute atomic E-state index is 0.151. The Balaban J connectivity index is 1.47. The Bertz CT molecular complexity index is 1050. The van der Waals surface area contributed by atoms with E-state index in [1.54, 1.807) is 0 Å². The maximum atomic E-state index is 13.6. The number of aromatic nitrogens is 4. The van der Waals surface area contributed by atoms with Crippen LogP contribution in [0.15, 0.2) is 54.6 Å². The molecule has 2 heterocycles. The zero-order valence-electron chi connectivity index (χ0n) is 17.3. The van der Waals surface area contributed by atoms with Gasteiger partial charge in [-0.2, -0.15) is 0 Å². The molecule has 0 bridgehead atoms. The van der Waals surface area contributed by atoms with Gasteiger partial charge in [0.1, 0.15) is 11.6 Å². The third kappa shape index (κ3) is 4.14. The van der Waals surface area contributed by atoms with E-state index in [1.165, 1.54) is 42.7 Å². The molecule has 1 atom stereocenters. The van der Waals surface area contributed by atoms with E-state index in [2.05, 4.69) is 26.5 Å². The van der Waals surface area contributed by atoms with Crippen LogP contribution in [0.1, 0.15) is 61.1 Å². The Morgan fingerprint density at radius 1 is 0.903 bits per heavy atom. The number of hydrogen-bond acceptors (Lipinski definition) is 4. The Hall–Kier alpha value is -2.93. The lowest BCUT2D eigenvalue weighted by Crippen LogP contribution is -2.35. The van der Waals surface area contributed by atoms with E-state index in [0.29, 0.717) is 12.6 Å². The molecule has 1 aromatic heterocycles. The van der Waals surface area contributed by atoms with Gasteiger partial charge in [0.25, 0.3) is 0 Å². The van der Waals surface area contributed by atoms with Crippen LogP contribution in [0.3, 0.4) is 0 Å². The van der Waals surface area contributed by atoms with Crippen LogP contribution in [-0.4, -0.2) is 38.2 Å². The summed E-state index contributed by atoms with van der Waals surface area (Å²) in [6.45, 7) is 1.52. The van der Waals surface area contributed by atoms with Crippen molar-refractivity contribution in [2.24, 2.45) is 0 Å². The highest BCUT2D eigenvalue weighted by molar-refractivity contribution is 5.66. The summed E-state index contributed by atoms with van der Waals surface area (Å²) < 4.78 is 28.9. The number of hydrogen-bond donors (Lipinski definition) is 0. The summed E-state index contributed by atoms with van der Waals surface area (Å²) in [5, 5.41) is 12.8. The zero-order valence-corrected chi connectivity index (χ0v) is 17.3. The number of benzene rings is 2. The third-order valence-corrected chi connectivity index (χ3v) is 6.44. The van der Waals surface area contributed by atoms with Gasteiger partial charge in [-0.3, -0.25) is 4.90 Å². The predicted molar refractivity (Wildman–Crippen MR) is 114 cm³/mol. The average Bonchev–Trinajstić information content (AvgIpc) is 3.48. The second kappa shape index (κ2) is 8.67. The first-order valence-electron chi connectivity index (χ1n) is 10.9. The molecular weight excluding hydrogens is 396 g/mol. The maximum Gasteiger partial charge on any atom is 0.173 e. The minimum Gasteiger partial charge on any atom is -0.286 e. The minimum atomic E-state index is -0.255. The third-order valence-electron chi connectivity index (χ3n) is 6.44. The van der Waals surface area contributed by atoms with Gasteiger partial charge < -0.3 is 0 Å². The Morgan fingerprint density at radius 3 is 2.23 bits per heavy atom. The molecule has 1 aliphatic heterocycles. The van der Waals surface area contributed by atoms with E-state index in [0.717, 1.165) is 42.8 Å². The molecule has 160 valence electrons. The van der Waals surface area contributed by atoms with Crippen molar-refractivity contribution in [1.82, 2.24) is 25.1 Å². The first-order chi connectivity index (χ1) is 15.2. The molecule has 0 saturated heterocycles. The van der Waals surface area contributed by atoms with Crippen LogP contribution in [-0.2, 0) is 0 Å². The molecule has 1 saturated carbocycles. The van der Waals surface area contributed by atoms with Crippen LogP contribution in [0.4, 0.5) is 8.78 Å². The quantitative estimate of drug-likeness (QED) is 0.585. The van der Waals surface area contributed by atoms with Crippen LogP contribution in [0, 0.1) is 11.6 Å². The van der Waals surface area contributed by atoms with Gasteiger partial charge in [-0.05, 0) is 70.7 Å². The Morgan fingerprint density at radius 2 is 1.58 bits per heavy atom. The van der Waals surface area contributed by atoms with Crippen LogP contribution in [0.25, 0.3) is 5.57 Å². The second-order valence-corrected chi connectivity index (χ2v) is 8.36. The van der Waals surface area contributed by atoms with Crippen molar-refractivity contribution in [3.8, 4) is 0 Å². The topological polar surface area (TPSA) is 46.8 Å². The van der Waals surface area contributed by atoms with Crippen molar-refractivity contribution in [1.29, 1.82) is 0 Å². The number of halogens is 2. The van der Waals surface area contributed by atoms with Crippen LogP contribution < -0.4 is 0 Å². The zero-order chi connectivity index (χ0) is 21.2. The van der Waals surface area contributed by atoms with Crippen LogP contribution in [0.5, 0.6) is 0 Å². The van der Waals surface area contributed by atoms with E-state index in [9.17, 15) is 8.78 Å². The van der Waals surface area contributed by atoms with Crippen molar-refractivity contribution in [2.75, 3.05) is 13.1 Å². The van der Waals surface area contributed by atoms with E-state index in [-0.39, 0.29) is 17.7 Å². The van der Waals surface area contributed by atoms with Crippen molar-refractivity contribution >= 4 is 5.57 Å². The molecule has 2 aliphatic rings. The summed E-state index contributed by atoms with van der Waals surface area (Å²) in [5.74, 6) is 0.337. The summed E-state index contributed by atoms with van der Waals surface area (Å²) >= 11 is 0. The second-order valence-electron chi connectivity index (χ2n) is 8.36. The summed E-state index contributed by atoms with van der Waals surface area (Å²) in [7, 11) is 0. The van der Waals surface area contributed by atoms with Gasteiger partial charge in [-0.25, -0.2) is 13.5 Å². The highest BCUT2D eigenvalue weighted by Gasteiger charge is 2.32. The lowest BCUT2D eigenvalue weighted by atomic mass is 9.96. The molecule has 0 N–H and O–H groups in total. The fraction of sp³-hybridized carbons (Fsp3) is 0.375. The SMILES string of the molecule is Fc1ccc(C2=CCN(C(c3ccc(F)cc3)c3nnnn3C3CCCC3)CC2)cc1. The number of rotatable bonds is 5. The van der Waals surface area contributed by atoms with Crippen molar-refractivity contribution in [3.63, 3.8) is 0 Å². The smallest absolute Gasteiger partial charge is 0.173 e. The van der Waals surface area contributed by atoms with Crippen molar-refractivity contribution in [2.45, 2.75) is 44.2 Å². The molecule has 1 fully saturated rings. The molecule has 2 aromatic carbocycles. The first kappa shape index (κ1) is 20.0. The van der Waals surface area contributed by atoms with Gasteiger partial charge in [0.2, 0.25) is 0 Å². The summed E-state index contributed by atoms with van der Waals surface area (Å²) in [6, 6.07) is 13.5. The van der Waals surface area contributed by atoms with Crippen LogP contribution >= 0.6 is 0 Å². The summed E-state index contributed by atoms with van der Waals surface area (Å²) in [6.07, 6.45) is 7.59. The predicted octanol–water partition coefficient (Wildman–Crippen LogP) is 4.95. The molecule has 0 amide bonds. The monoisotopic (exact) mass is 421 g/mol. The fourth-order valence-corrected chi connectivity index (χ4v) is 4.80. The molecule has 5 rings (SSSR count). The Labute approximate surface area is 180 Å². The molecule has 31 heavy (non-hydrogen) atoms. The molecule has 5 nitrogen and oxygen atoms in total. The summed E-state index contributed by atoms with van der Waals surface area (Å²) in [5.41, 5.74) is 3.24. The highest BCUT2D eigenvalue weighted by atomic mass is 19.1. The van der Waals surface area contributed by atoms with Crippen LogP contribution in [0.2, 0.25) is 0 Å². The molecular formula is C24H25F2N5. The van der Waals surface area contributed by atoms with Gasteiger partial charge in [0.05, 0.1) is 12.1 Å². The maximum absolute atomic E-state index is 13.6. The molecule has 3 aromatic rings. The van der Waals surface area contributed by atoms with Crippen molar-refractivity contribution < 1.29 is 8.78 Å². The van der Waals surface area contributed by atoms with Gasteiger partial charge in [-0.1, -0.05) is 43.2 Å². The van der Waals surface area contributed by atoms with E-state index in [1.807, 2.05) is 28.9 Å². The van der Waals surface area contributed by atoms with Gasteiger partial charge in [0, 0.05) is 13.1 Å². The molecule has 0 spiro atoms. The van der Waals surface area contributed by atoms with E-state index < -0.39 is 0 Å². The first-order valence-corrected chi connectivity index (χ1v) is 10.9. The summed E-state index contributed by atoms with van der Waals surface area (Å²) in [4.78, 5) is 2.33. The van der Waals surface area contributed by atoms with Gasteiger partial charge in [0.15, 0.2) is 5.82 Å². The standard InChI is InChI=1S/C24H25F2N5/c25-20-9-5-17(6-10-20)18-13-15-30(16-14-18)23(19-7-11-21(26)12-8-19)24-27-28-29-31(24)22-3-1-2-4-22/h5-13,22-23H,1-4,14-16H2. The lowest BCUT2D eigenvalue weighted by Gasteiger charge is -2.34. The number of tetrazole rings is 1. The molecule has 7 heteroatoms. The largest absolute Gasteiger partial charge is 0.286 e. The van der Waals surface area contributed by atoms with Gasteiger partial charge in [-0.15, -0.1) is 5.10 Å². The molecule has 1 aliphatic carbocycles. The molecule has 1 unspecified atom stereocenters. The fourth-order valence-electron chi connectivity index (χ4n) is 4.80. The van der Waals surface area contributed by atoms with E-state index >= 15 is 0 Å². The lowest BCUT2D eigenvalue weighted by molar-refractivity contribution is 0.230.